The zero-order chi connectivity index (χ0) is 21.3. The molecule has 150 valence electrons. The number of carboxylic acid groups (broad SMARTS) is 2. The van der Waals surface area contributed by atoms with E-state index < -0.39 is 52.6 Å². The standard InChI is InChI=1S/C17H10F6O5/c18-16(19,20)13(17(21,22)23)8-2-1-3-9(6-8)28-10-4-5-11(14(24)25)12(7-10)15(26)27/h1-7,13H,(H,24,25)(H,26,27). The van der Waals surface area contributed by atoms with Crippen molar-refractivity contribution in [3.8, 4) is 11.5 Å². The molecule has 0 aliphatic rings. The average Bonchev–Trinajstić information content (AvgIpc) is 2.52. The molecule has 0 aliphatic carbocycles. The van der Waals surface area contributed by atoms with Crippen molar-refractivity contribution in [2.75, 3.05) is 0 Å². The number of halogens is 6. The van der Waals surface area contributed by atoms with Crippen molar-refractivity contribution in [3.63, 3.8) is 0 Å². The fourth-order valence-electron chi connectivity index (χ4n) is 2.41. The Kier molecular flexibility index (Phi) is 5.57. The van der Waals surface area contributed by atoms with Crippen molar-refractivity contribution < 1.29 is 50.9 Å². The van der Waals surface area contributed by atoms with Gasteiger partial charge in [-0.1, -0.05) is 12.1 Å². The molecule has 0 atom stereocenters. The van der Waals surface area contributed by atoms with Gasteiger partial charge in [-0.15, -0.1) is 0 Å². The number of aromatic carboxylic acids is 2. The fraction of sp³-hybridized carbons (Fsp3) is 0.176. The number of hydrogen-bond acceptors (Lipinski definition) is 3. The Hall–Kier alpha value is -3.24. The minimum absolute atomic E-state index is 0.282. The number of carbonyl (C=O) groups is 2. The molecule has 0 heterocycles. The van der Waals surface area contributed by atoms with E-state index in [1.165, 1.54) is 0 Å². The van der Waals surface area contributed by atoms with E-state index in [-0.39, 0.29) is 5.75 Å². The summed E-state index contributed by atoms with van der Waals surface area (Å²) in [6, 6.07) is 5.85. The molecule has 5 nitrogen and oxygen atoms in total. The number of alkyl halides is 6. The van der Waals surface area contributed by atoms with Crippen LogP contribution in [0.25, 0.3) is 0 Å². The van der Waals surface area contributed by atoms with Gasteiger partial charge < -0.3 is 14.9 Å². The minimum atomic E-state index is -5.59. The van der Waals surface area contributed by atoms with Crippen LogP contribution in [-0.2, 0) is 0 Å². The average molecular weight is 408 g/mol. The van der Waals surface area contributed by atoms with Gasteiger partial charge in [-0.25, -0.2) is 9.59 Å². The summed E-state index contributed by atoms with van der Waals surface area (Å²) < 4.78 is 82.2. The third-order valence-corrected chi connectivity index (χ3v) is 3.53. The second kappa shape index (κ2) is 7.41. The molecule has 0 saturated carbocycles. The molecule has 0 amide bonds. The Labute approximate surface area is 152 Å². The Morgan fingerprint density at radius 3 is 1.82 bits per heavy atom. The first-order valence-electron chi connectivity index (χ1n) is 7.32. The van der Waals surface area contributed by atoms with Gasteiger partial charge in [0.15, 0.2) is 5.92 Å². The first kappa shape index (κ1) is 21.1. The van der Waals surface area contributed by atoms with Crippen LogP contribution in [0, 0.1) is 0 Å². The summed E-state index contributed by atoms with van der Waals surface area (Å²) in [5.74, 6) is -7.58. The predicted octanol–water partition coefficient (Wildman–Crippen LogP) is 5.08. The van der Waals surface area contributed by atoms with Crippen LogP contribution in [0.15, 0.2) is 42.5 Å². The van der Waals surface area contributed by atoms with Crippen LogP contribution in [0.5, 0.6) is 11.5 Å². The van der Waals surface area contributed by atoms with E-state index in [1.54, 1.807) is 0 Å². The molecule has 11 heteroatoms. The van der Waals surface area contributed by atoms with E-state index in [9.17, 15) is 35.9 Å². The SMILES string of the molecule is O=C(O)c1ccc(Oc2cccc(C(C(F)(F)F)C(F)(F)F)c2)cc1C(=O)O. The zero-order valence-corrected chi connectivity index (χ0v) is 13.5. The summed E-state index contributed by atoms with van der Waals surface area (Å²) in [6.45, 7) is 0. The Balaban J connectivity index is 2.42. The zero-order valence-electron chi connectivity index (χ0n) is 13.5. The number of ether oxygens (including phenoxy) is 1. The van der Waals surface area contributed by atoms with Crippen LogP contribution in [0.3, 0.4) is 0 Å². The van der Waals surface area contributed by atoms with E-state index in [0.717, 1.165) is 30.3 Å². The lowest BCUT2D eigenvalue weighted by Gasteiger charge is -2.23. The highest BCUT2D eigenvalue weighted by Gasteiger charge is 2.57. The maximum Gasteiger partial charge on any atom is 0.404 e. The summed E-state index contributed by atoms with van der Waals surface area (Å²) in [4.78, 5) is 22.1. The van der Waals surface area contributed by atoms with Crippen LogP contribution in [-0.4, -0.2) is 34.5 Å². The lowest BCUT2D eigenvalue weighted by Crippen LogP contribution is -2.34. The second-order valence-electron chi connectivity index (χ2n) is 5.51. The van der Waals surface area contributed by atoms with Crippen LogP contribution < -0.4 is 4.74 Å². The van der Waals surface area contributed by atoms with Crippen molar-refractivity contribution in [2.45, 2.75) is 18.3 Å². The Bertz CT molecular complexity index is 890. The van der Waals surface area contributed by atoms with E-state index in [4.69, 9.17) is 14.9 Å². The van der Waals surface area contributed by atoms with Gasteiger partial charge in [0.05, 0.1) is 11.1 Å². The smallest absolute Gasteiger partial charge is 0.404 e. The second-order valence-corrected chi connectivity index (χ2v) is 5.51. The van der Waals surface area contributed by atoms with Crippen molar-refractivity contribution in [1.82, 2.24) is 0 Å². The van der Waals surface area contributed by atoms with Gasteiger partial charge in [-0.05, 0) is 35.9 Å². The molecule has 2 aromatic carbocycles. The third-order valence-electron chi connectivity index (χ3n) is 3.53. The van der Waals surface area contributed by atoms with Crippen LogP contribution in [0.4, 0.5) is 26.3 Å². The maximum absolute atomic E-state index is 12.8. The highest BCUT2D eigenvalue weighted by Crippen LogP contribution is 2.47. The van der Waals surface area contributed by atoms with Gasteiger partial charge in [0.2, 0.25) is 0 Å². The highest BCUT2D eigenvalue weighted by molar-refractivity contribution is 6.02. The van der Waals surface area contributed by atoms with Gasteiger partial charge in [0, 0.05) is 0 Å². The monoisotopic (exact) mass is 408 g/mol. The van der Waals surface area contributed by atoms with E-state index in [0.29, 0.717) is 12.1 Å². The number of benzene rings is 2. The van der Waals surface area contributed by atoms with Gasteiger partial charge >= 0.3 is 24.3 Å². The number of rotatable bonds is 5. The topological polar surface area (TPSA) is 83.8 Å². The molecule has 2 rings (SSSR count). The van der Waals surface area contributed by atoms with Gasteiger partial charge in [-0.2, -0.15) is 26.3 Å². The van der Waals surface area contributed by atoms with Crippen LogP contribution in [0.1, 0.15) is 32.2 Å². The van der Waals surface area contributed by atoms with Crippen molar-refractivity contribution in [1.29, 1.82) is 0 Å². The Morgan fingerprint density at radius 1 is 0.786 bits per heavy atom. The first-order valence-corrected chi connectivity index (χ1v) is 7.32. The largest absolute Gasteiger partial charge is 0.478 e. The van der Waals surface area contributed by atoms with E-state index in [2.05, 4.69) is 0 Å². The third kappa shape index (κ3) is 4.72. The molecule has 2 aromatic rings. The molecule has 0 aliphatic heterocycles. The number of carboxylic acids is 2. The van der Waals surface area contributed by atoms with E-state index >= 15 is 0 Å². The lowest BCUT2D eigenvalue weighted by atomic mass is 9.97. The summed E-state index contributed by atoms with van der Waals surface area (Å²) in [5.41, 5.74) is -2.34. The van der Waals surface area contributed by atoms with Crippen molar-refractivity contribution in [2.24, 2.45) is 0 Å². The van der Waals surface area contributed by atoms with Gasteiger partial charge in [-0.3, -0.25) is 0 Å². The first-order chi connectivity index (χ1) is 12.8. The lowest BCUT2D eigenvalue weighted by molar-refractivity contribution is -0.253. The molecule has 0 spiro atoms. The summed E-state index contributed by atoms with van der Waals surface area (Å²) in [5, 5.41) is 18.0. The number of hydrogen-bond donors (Lipinski definition) is 2. The molecule has 0 bridgehead atoms. The molecule has 0 saturated heterocycles. The molecule has 0 radical (unpaired) electrons. The van der Waals surface area contributed by atoms with Crippen LogP contribution >= 0.6 is 0 Å². The molecular weight excluding hydrogens is 398 g/mol. The summed E-state index contributed by atoms with van der Waals surface area (Å²) in [6.07, 6.45) is -11.2. The van der Waals surface area contributed by atoms with Crippen molar-refractivity contribution >= 4 is 11.9 Å². The van der Waals surface area contributed by atoms with Crippen molar-refractivity contribution in [3.05, 3.63) is 59.2 Å². The predicted molar refractivity (Wildman–Crippen MR) is 81.7 cm³/mol. The van der Waals surface area contributed by atoms with Crippen LogP contribution in [0.2, 0.25) is 0 Å². The van der Waals surface area contributed by atoms with Gasteiger partial charge in [0.1, 0.15) is 11.5 Å². The van der Waals surface area contributed by atoms with E-state index in [1.807, 2.05) is 0 Å². The normalized spacial score (nSPS) is 12.1. The molecule has 28 heavy (non-hydrogen) atoms. The molecular formula is C17H10F6O5. The quantitative estimate of drug-likeness (QED) is 0.674. The van der Waals surface area contributed by atoms with Gasteiger partial charge in [0.25, 0.3) is 0 Å². The molecule has 2 N–H and O–H groups in total. The minimum Gasteiger partial charge on any atom is -0.478 e. The molecule has 0 unspecified atom stereocenters. The molecule has 0 aromatic heterocycles. The Morgan fingerprint density at radius 2 is 1.32 bits per heavy atom. The molecule has 0 fully saturated rings. The summed E-state index contributed by atoms with van der Waals surface area (Å²) >= 11 is 0. The fourth-order valence-corrected chi connectivity index (χ4v) is 2.41. The summed E-state index contributed by atoms with van der Waals surface area (Å²) in [7, 11) is 0. The highest BCUT2D eigenvalue weighted by atomic mass is 19.4. The maximum atomic E-state index is 12.8.